The van der Waals surface area contributed by atoms with Gasteiger partial charge in [-0.2, -0.15) is 5.10 Å². The van der Waals surface area contributed by atoms with Crippen LogP contribution in [0.2, 0.25) is 0 Å². The smallest absolute Gasteiger partial charge is 0.141 e. The lowest BCUT2D eigenvalue weighted by Crippen LogP contribution is -2.24. The maximum absolute atomic E-state index is 4.30. The van der Waals surface area contributed by atoms with Gasteiger partial charge in [0.2, 0.25) is 0 Å². The topological polar surface area (TPSA) is 46.8 Å². The Kier molecular flexibility index (Phi) is 4.04. The van der Waals surface area contributed by atoms with Gasteiger partial charge in [-0.05, 0) is 32.5 Å². The van der Waals surface area contributed by atoms with Gasteiger partial charge < -0.3 is 0 Å². The molecule has 0 N–H and O–H groups in total. The summed E-state index contributed by atoms with van der Waals surface area (Å²) >= 11 is 0. The molecule has 0 amide bonds. The molecule has 96 valence electrons. The zero-order valence-corrected chi connectivity index (χ0v) is 11.1. The lowest BCUT2D eigenvalue weighted by atomic mass is 10.1. The first-order valence-corrected chi connectivity index (χ1v) is 6.19. The van der Waals surface area contributed by atoms with E-state index in [1.54, 1.807) is 12.5 Å². The SMILES string of the molecule is CCn1ncnc1CN(C)[C@@H](C)c1cccnc1. The molecule has 0 fully saturated rings. The fraction of sp³-hybridized carbons (Fsp3) is 0.462. The highest BCUT2D eigenvalue weighted by molar-refractivity contribution is 5.13. The average Bonchev–Trinajstić information content (AvgIpc) is 2.86. The van der Waals surface area contributed by atoms with E-state index in [1.807, 2.05) is 16.9 Å². The molecule has 0 aromatic carbocycles. The van der Waals surface area contributed by atoms with Crippen LogP contribution in [-0.2, 0) is 13.1 Å². The standard InChI is InChI=1S/C13H19N5/c1-4-18-13(15-10-16-18)9-17(3)11(2)12-6-5-7-14-8-12/h5-8,10-11H,4,9H2,1-3H3/t11-/m0/s1. The molecule has 0 saturated carbocycles. The Morgan fingerprint density at radius 2 is 2.28 bits per heavy atom. The Balaban J connectivity index is 2.06. The Morgan fingerprint density at radius 1 is 1.44 bits per heavy atom. The second kappa shape index (κ2) is 5.73. The third-order valence-electron chi connectivity index (χ3n) is 3.21. The quantitative estimate of drug-likeness (QED) is 0.807. The summed E-state index contributed by atoms with van der Waals surface area (Å²) in [5, 5.41) is 4.19. The highest BCUT2D eigenvalue weighted by atomic mass is 15.3. The second-order valence-electron chi connectivity index (χ2n) is 4.37. The second-order valence-corrected chi connectivity index (χ2v) is 4.37. The number of nitrogens with zero attached hydrogens (tertiary/aromatic N) is 5. The van der Waals surface area contributed by atoms with Gasteiger partial charge in [-0.1, -0.05) is 6.07 Å². The minimum absolute atomic E-state index is 0.306. The summed E-state index contributed by atoms with van der Waals surface area (Å²) in [6.07, 6.45) is 5.32. The monoisotopic (exact) mass is 245 g/mol. The Morgan fingerprint density at radius 3 is 2.94 bits per heavy atom. The Labute approximate surface area is 107 Å². The number of pyridine rings is 1. The number of hydrogen-bond donors (Lipinski definition) is 0. The summed E-state index contributed by atoms with van der Waals surface area (Å²) in [5.41, 5.74) is 1.21. The molecule has 0 aliphatic heterocycles. The molecule has 2 aromatic heterocycles. The van der Waals surface area contributed by atoms with E-state index in [0.29, 0.717) is 6.04 Å². The summed E-state index contributed by atoms with van der Waals surface area (Å²) < 4.78 is 1.92. The molecule has 5 nitrogen and oxygen atoms in total. The van der Waals surface area contributed by atoms with Gasteiger partial charge in [0.25, 0.3) is 0 Å². The van der Waals surface area contributed by atoms with Crippen LogP contribution in [0.1, 0.15) is 31.3 Å². The van der Waals surface area contributed by atoms with Crippen molar-refractivity contribution in [2.75, 3.05) is 7.05 Å². The van der Waals surface area contributed by atoms with E-state index in [-0.39, 0.29) is 0 Å². The predicted molar refractivity (Wildman–Crippen MR) is 69.8 cm³/mol. The maximum atomic E-state index is 4.30. The molecule has 0 aliphatic carbocycles. The predicted octanol–water partition coefficient (Wildman–Crippen LogP) is 1.89. The van der Waals surface area contributed by atoms with Crippen molar-refractivity contribution in [3.8, 4) is 0 Å². The van der Waals surface area contributed by atoms with Crippen LogP contribution in [0.4, 0.5) is 0 Å². The van der Waals surface area contributed by atoms with E-state index in [1.165, 1.54) is 5.56 Å². The molecule has 1 atom stereocenters. The molecule has 0 unspecified atom stereocenters. The normalized spacial score (nSPS) is 12.9. The van der Waals surface area contributed by atoms with Gasteiger partial charge in [0.05, 0.1) is 6.54 Å². The molecule has 2 aromatic rings. The zero-order valence-electron chi connectivity index (χ0n) is 11.1. The zero-order chi connectivity index (χ0) is 13.0. The highest BCUT2D eigenvalue weighted by Crippen LogP contribution is 2.18. The molecule has 2 heterocycles. The summed E-state index contributed by atoms with van der Waals surface area (Å²) in [6.45, 7) is 5.88. The van der Waals surface area contributed by atoms with E-state index in [0.717, 1.165) is 18.9 Å². The molecule has 0 aliphatic rings. The molecule has 0 saturated heterocycles. The van der Waals surface area contributed by atoms with Crippen LogP contribution in [0.25, 0.3) is 0 Å². The molecular formula is C13H19N5. The number of aromatic nitrogens is 4. The summed E-state index contributed by atoms with van der Waals surface area (Å²) in [4.78, 5) is 10.7. The van der Waals surface area contributed by atoms with Gasteiger partial charge in [-0.15, -0.1) is 0 Å². The van der Waals surface area contributed by atoms with E-state index in [9.17, 15) is 0 Å². The van der Waals surface area contributed by atoms with Crippen LogP contribution in [0.5, 0.6) is 0 Å². The van der Waals surface area contributed by atoms with Crippen LogP contribution in [0.15, 0.2) is 30.9 Å². The van der Waals surface area contributed by atoms with Crippen molar-refractivity contribution < 1.29 is 0 Å². The maximum Gasteiger partial charge on any atom is 0.141 e. The third kappa shape index (κ3) is 2.73. The Hall–Kier alpha value is -1.75. The van der Waals surface area contributed by atoms with Crippen molar-refractivity contribution in [1.82, 2.24) is 24.6 Å². The number of hydrogen-bond acceptors (Lipinski definition) is 4. The van der Waals surface area contributed by atoms with Crippen LogP contribution in [-0.4, -0.2) is 31.7 Å². The number of aryl methyl sites for hydroxylation is 1. The first kappa shape index (κ1) is 12.7. The van der Waals surface area contributed by atoms with Gasteiger partial charge in [-0.3, -0.25) is 9.88 Å². The minimum atomic E-state index is 0.306. The van der Waals surface area contributed by atoms with Crippen molar-refractivity contribution in [3.05, 3.63) is 42.2 Å². The lowest BCUT2D eigenvalue weighted by molar-refractivity contribution is 0.241. The molecule has 0 bridgehead atoms. The number of rotatable bonds is 5. The van der Waals surface area contributed by atoms with E-state index < -0.39 is 0 Å². The molecule has 2 rings (SSSR count). The van der Waals surface area contributed by atoms with Crippen LogP contribution in [0, 0.1) is 0 Å². The van der Waals surface area contributed by atoms with Crippen molar-refractivity contribution >= 4 is 0 Å². The van der Waals surface area contributed by atoms with Crippen molar-refractivity contribution in [2.24, 2.45) is 0 Å². The first-order valence-electron chi connectivity index (χ1n) is 6.19. The molecular weight excluding hydrogens is 226 g/mol. The van der Waals surface area contributed by atoms with Gasteiger partial charge in [0.15, 0.2) is 0 Å². The molecule has 0 radical (unpaired) electrons. The fourth-order valence-corrected chi connectivity index (χ4v) is 1.91. The molecule has 18 heavy (non-hydrogen) atoms. The summed E-state index contributed by atoms with van der Waals surface area (Å²) in [7, 11) is 2.09. The molecule has 0 spiro atoms. The van der Waals surface area contributed by atoms with Crippen molar-refractivity contribution in [3.63, 3.8) is 0 Å². The van der Waals surface area contributed by atoms with Gasteiger partial charge in [0, 0.05) is 25.0 Å². The summed E-state index contributed by atoms with van der Waals surface area (Å²) in [6, 6.07) is 4.37. The largest absolute Gasteiger partial charge is 0.292 e. The summed E-state index contributed by atoms with van der Waals surface area (Å²) in [5.74, 6) is 0.996. The highest BCUT2D eigenvalue weighted by Gasteiger charge is 2.14. The van der Waals surface area contributed by atoms with E-state index in [2.05, 4.69) is 46.9 Å². The van der Waals surface area contributed by atoms with Gasteiger partial charge >= 0.3 is 0 Å². The van der Waals surface area contributed by atoms with Crippen LogP contribution >= 0.6 is 0 Å². The van der Waals surface area contributed by atoms with E-state index in [4.69, 9.17) is 0 Å². The molecule has 5 heteroatoms. The van der Waals surface area contributed by atoms with Gasteiger partial charge in [-0.25, -0.2) is 9.67 Å². The lowest BCUT2D eigenvalue weighted by Gasteiger charge is -2.24. The van der Waals surface area contributed by atoms with Crippen LogP contribution in [0.3, 0.4) is 0 Å². The van der Waals surface area contributed by atoms with Gasteiger partial charge in [0.1, 0.15) is 12.2 Å². The third-order valence-corrected chi connectivity index (χ3v) is 3.21. The van der Waals surface area contributed by atoms with E-state index >= 15 is 0 Å². The van der Waals surface area contributed by atoms with Crippen molar-refractivity contribution in [2.45, 2.75) is 33.0 Å². The van der Waals surface area contributed by atoms with Crippen molar-refractivity contribution in [1.29, 1.82) is 0 Å². The first-order chi connectivity index (χ1) is 8.72. The fourth-order valence-electron chi connectivity index (χ4n) is 1.91. The average molecular weight is 245 g/mol. The minimum Gasteiger partial charge on any atom is -0.292 e. The Bertz CT molecular complexity index is 479. The van der Waals surface area contributed by atoms with Crippen LogP contribution < -0.4 is 0 Å².